The fourth-order valence-corrected chi connectivity index (χ4v) is 7.13. The minimum Gasteiger partial charge on any atom is -0.369 e. The molecule has 25 heavy (non-hydrogen) atoms. The van der Waals surface area contributed by atoms with E-state index in [1.165, 1.54) is 0 Å². The predicted molar refractivity (Wildman–Crippen MR) is 108 cm³/mol. The van der Waals surface area contributed by atoms with Crippen molar-refractivity contribution in [3.8, 4) is 0 Å². The lowest BCUT2D eigenvalue weighted by Crippen LogP contribution is -2.22. The number of hydrogen-bond acceptors (Lipinski definition) is 4. The number of primary amides is 1. The van der Waals surface area contributed by atoms with Crippen LogP contribution in [0, 0.1) is 0 Å². The molecule has 0 saturated carbocycles. The molecule has 2 aromatic carbocycles. The average Bonchev–Trinajstić information content (AvgIpc) is 3.17. The van der Waals surface area contributed by atoms with Crippen LogP contribution in [-0.4, -0.2) is 15.9 Å². The van der Waals surface area contributed by atoms with Crippen LogP contribution in [0.2, 0.25) is 0 Å². The number of nitrogens with two attached hydrogens (primary N) is 1. The highest BCUT2D eigenvalue weighted by atomic mass is 32.2. The molecule has 0 spiro atoms. The van der Waals surface area contributed by atoms with Crippen LogP contribution in [0.1, 0.15) is 15.0 Å². The molecule has 0 radical (unpaired) electrons. The predicted octanol–water partition coefficient (Wildman–Crippen LogP) is 4.44. The number of carbonyl (C=O) groups excluding carboxylic acids is 1. The van der Waals surface area contributed by atoms with Gasteiger partial charge in [0.1, 0.15) is 11.0 Å². The van der Waals surface area contributed by atoms with Crippen molar-refractivity contribution in [2.24, 2.45) is 5.73 Å². The third-order valence-electron chi connectivity index (χ3n) is 3.95. The summed E-state index contributed by atoms with van der Waals surface area (Å²) >= 11 is 3.25. The smallest absolute Gasteiger partial charge is 0.230 e. The Morgan fingerprint density at radius 2 is 1.40 bits per heavy atom. The molecule has 0 aliphatic heterocycles. The molecule has 126 valence electrons. The summed E-state index contributed by atoms with van der Waals surface area (Å²) in [5.74, 6) is -0.668. The molecule has 4 rings (SSSR count). The largest absolute Gasteiger partial charge is 0.369 e. The summed E-state index contributed by atoms with van der Waals surface area (Å²) < 4.78 is 15.2. The third kappa shape index (κ3) is 3.25. The molecule has 1 atom stereocenters. The highest BCUT2D eigenvalue weighted by Gasteiger charge is 2.26. The summed E-state index contributed by atoms with van der Waals surface area (Å²) in [7, 11) is -1.40. The second-order valence-corrected chi connectivity index (χ2v) is 9.50. The minimum atomic E-state index is -1.40. The zero-order chi connectivity index (χ0) is 17.4. The van der Waals surface area contributed by atoms with E-state index in [1.807, 2.05) is 36.4 Å². The zero-order valence-corrected chi connectivity index (χ0v) is 15.6. The van der Waals surface area contributed by atoms with Gasteiger partial charge in [0.25, 0.3) is 0 Å². The van der Waals surface area contributed by atoms with Gasteiger partial charge in [-0.15, -0.1) is 22.7 Å². The van der Waals surface area contributed by atoms with Gasteiger partial charge in [0.15, 0.2) is 0 Å². The Kier molecular flexibility index (Phi) is 4.41. The van der Waals surface area contributed by atoms with E-state index in [0.29, 0.717) is 0 Å². The summed E-state index contributed by atoms with van der Waals surface area (Å²) in [5.41, 5.74) is 5.31. The van der Waals surface area contributed by atoms with Gasteiger partial charge in [-0.1, -0.05) is 36.4 Å². The van der Waals surface area contributed by atoms with Crippen LogP contribution in [0.15, 0.2) is 60.7 Å². The quantitative estimate of drug-likeness (QED) is 0.552. The standard InChI is InChI=1S/C19H15NO2S3/c20-18(21)11-25(22)19(16-9-12-5-1-3-7-14(12)23-16)17-10-13-6-2-4-8-15(13)24-17/h1-10,19H,11H2,(H2,20,21). The maximum absolute atomic E-state index is 12.9. The fraction of sp³-hybridized carbons (Fsp3) is 0.105. The average molecular weight is 386 g/mol. The Hall–Kier alpha value is -2.02. The first-order valence-corrected chi connectivity index (χ1v) is 10.8. The van der Waals surface area contributed by atoms with E-state index in [0.717, 1.165) is 29.9 Å². The van der Waals surface area contributed by atoms with Crippen molar-refractivity contribution in [1.29, 1.82) is 0 Å². The summed E-state index contributed by atoms with van der Waals surface area (Å²) in [6.07, 6.45) is 0. The molecule has 0 aliphatic carbocycles. The number of fused-ring (bicyclic) bond motifs is 2. The first kappa shape index (κ1) is 16.4. The molecule has 0 aliphatic rings. The summed E-state index contributed by atoms with van der Waals surface area (Å²) in [4.78, 5) is 13.4. The van der Waals surface area contributed by atoms with Crippen LogP contribution >= 0.6 is 22.7 Å². The lowest BCUT2D eigenvalue weighted by Gasteiger charge is -2.12. The lowest BCUT2D eigenvalue weighted by atomic mass is 10.2. The van der Waals surface area contributed by atoms with Gasteiger partial charge in [-0.25, -0.2) is 0 Å². The van der Waals surface area contributed by atoms with Crippen molar-refractivity contribution in [2.75, 3.05) is 5.75 Å². The second kappa shape index (κ2) is 6.71. The van der Waals surface area contributed by atoms with Crippen LogP contribution in [0.4, 0.5) is 0 Å². The van der Waals surface area contributed by atoms with Crippen molar-refractivity contribution in [3.63, 3.8) is 0 Å². The van der Waals surface area contributed by atoms with Crippen molar-refractivity contribution in [1.82, 2.24) is 0 Å². The highest BCUT2D eigenvalue weighted by molar-refractivity contribution is 7.86. The van der Waals surface area contributed by atoms with E-state index in [-0.39, 0.29) is 11.0 Å². The Balaban J connectivity index is 1.85. The molecule has 0 bridgehead atoms. The van der Waals surface area contributed by atoms with E-state index in [2.05, 4.69) is 24.3 Å². The normalized spacial score (nSPS) is 12.8. The van der Waals surface area contributed by atoms with Gasteiger partial charge >= 0.3 is 0 Å². The number of rotatable bonds is 5. The van der Waals surface area contributed by atoms with Crippen LogP contribution in [-0.2, 0) is 15.6 Å². The van der Waals surface area contributed by atoms with Crippen molar-refractivity contribution < 1.29 is 9.00 Å². The van der Waals surface area contributed by atoms with E-state index in [1.54, 1.807) is 22.7 Å². The van der Waals surface area contributed by atoms with Crippen LogP contribution in [0.25, 0.3) is 20.2 Å². The first-order chi connectivity index (χ1) is 12.1. The molecular weight excluding hydrogens is 370 g/mol. The van der Waals surface area contributed by atoms with E-state index >= 15 is 0 Å². The van der Waals surface area contributed by atoms with Gasteiger partial charge in [-0.3, -0.25) is 9.00 Å². The van der Waals surface area contributed by atoms with Gasteiger partial charge in [0.05, 0.1) is 0 Å². The molecular formula is C19H15NO2S3. The van der Waals surface area contributed by atoms with E-state index < -0.39 is 16.7 Å². The fourth-order valence-electron chi connectivity index (χ4n) is 2.89. The Morgan fingerprint density at radius 3 is 1.84 bits per heavy atom. The van der Waals surface area contributed by atoms with Crippen LogP contribution in [0.3, 0.4) is 0 Å². The maximum atomic E-state index is 12.9. The van der Waals surface area contributed by atoms with Gasteiger partial charge in [-0.2, -0.15) is 0 Å². The van der Waals surface area contributed by atoms with Crippen molar-refractivity contribution >= 4 is 59.6 Å². The number of carbonyl (C=O) groups is 1. The molecule has 6 heteroatoms. The molecule has 0 saturated heterocycles. The number of amides is 1. The lowest BCUT2D eigenvalue weighted by molar-refractivity contribution is -0.115. The van der Waals surface area contributed by atoms with Crippen molar-refractivity contribution in [2.45, 2.75) is 5.25 Å². The Labute approximate surface area is 155 Å². The molecule has 2 heterocycles. The van der Waals surface area contributed by atoms with Gasteiger partial charge in [-0.05, 0) is 35.0 Å². The van der Waals surface area contributed by atoms with E-state index in [4.69, 9.17) is 5.73 Å². The molecule has 3 nitrogen and oxygen atoms in total. The van der Waals surface area contributed by atoms with Gasteiger partial charge in [0, 0.05) is 30.0 Å². The Bertz CT molecular complexity index is 956. The monoisotopic (exact) mass is 385 g/mol. The third-order valence-corrected chi connectivity index (χ3v) is 8.22. The first-order valence-electron chi connectivity index (χ1n) is 7.74. The molecule has 2 N–H and O–H groups in total. The highest BCUT2D eigenvalue weighted by Crippen LogP contribution is 2.41. The second-order valence-electron chi connectivity index (χ2n) is 5.74. The topological polar surface area (TPSA) is 60.2 Å². The van der Waals surface area contributed by atoms with E-state index in [9.17, 15) is 9.00 Å². The number of thiophene rings is 2. The summed E-state index contributed by atoms with van der Waals surface area (Å²) in [5, 5.41) is 1.93. The number of hydrogen-bond donors (Lipinski definition) is 1. The van der Waals surface area contributed by atoms with Crippen LogP contribution < -0.4 is 5.73 Å². The molecule has 1 amide bonds. The maximum Gasteiger partial charge on any atom is 0.230 e. The molecule has 4 aromatic rings. The molecule has 2 aromatic heterocycles. The summed E-state index contributed by atoms with van der Waals surface area (Å²) in [6.45, 7) is 0. The number of benzene rings is 2. The Morgan fingerprint density at radius 1 is 0.920 bits per heavy atom. The minimum absolute atomic E-state index is 0.132. The van der Waals surface area contributed by atoms with Gasteiger partial charge < -0.3 is 5.73 Å². The zero-order valence-electron chi connectivity index (χ0n) is 13.2. The van der Waals surface area contributed by atoms with Crippen LogP contribution in [0.5, 0.6) is 0 Å². The SMILES string of the molecule is NC(=O)CS(=O)C(c1cc2ccccc2s1)c1cc2ccccc2s1. The summed E-state index contributed by atoms with van der Waals surface area (Å²) in [6, 6.07) is 20.4. The molecule has 0 fully saturated rings. The molecule has 1 unspecified atom stereocenters. The van der Waals surface area contributed by atoms with Crippen molar-refractivity contribution in [3.05, 3.63) is 70.4 Å². The van der Waals surface area contributed by atoms with Gasteiger partial charge in [0.2, 0.25) is 5.91 Å².